The standard InChI is InChI=1S/C25H21NO6/c1-12(27)31-24-23(29)20-18(32-25(24,2)3)11-17(30-4)19-21(20)26-16-10-14-8-6-5-7-13(14)9-15(16)22(19)28/h5-11,24H,1-4H3,(H,26,28). The van der Waals surface area contributed by atoms with E-state index in [2.05, 4.69) is 4.98 Å². The highest BCUT2D eigenvalue weighted by atomic mass is 16.6. The van der Waals surface area contributed by atoms with E-state index in [1.54, 1.807) is 19.9 Å². The van der Waals surface area contributed by atoms with E-state index in [0.717, 1.165) is 10.8 Å². The molecule has 1 unspecified atom stereocenters. The van der Waals surface area contributed by atoms with Gasteiger partial charge in [-0.25, -0.2) is 0 Å². The van der Waals surface area contributed by atoms with E-state index < -0.39 is 23.5 Å². The smallest absolute Gasteiger partial charge is 0.303 e. The lowest BCUT2D eigenvalue weighted by atomic mass is 9.88. The van der Waals surface area contributed by atoms with Crippen LogP contribution in [0.3, 0.4) is 0 Å². The van der Waals surface area contributed by atoms with E-state index in [1.807, 2.05) is 36.4 Å². The first-order valence-corrected chi connectivity index (χ1v) is 10.2. The largest absolute Gasteiger partial charge is 0.496 e. The Morgan fingerprint density at radius 2 is 1.78 bits per heavy atom. The first kappa shape index (κ1) is 20.1. The molecule has 1 N–H and O–H groups in total. The maximum Gasteiger partial charge on any atom is 0.303 e. The first-order valence-electron chi connectivity index (χ1n) is 10.2. The number of esters is 1. The minimum absolute atomic E-state index is 0.165. The Hall–Kier alpha value is -3.87. The van der Waals surface area contributed by atoms with Crippen molar-refractivity contribution in [2.75, 3.05) is 7.11 Å². The number of aromatic amines is 1. The lowest BCUT2D eigenvalue weighted by Crippen LogP contribution is -2.52. The van der Waals surface area contributed by atoms with Crippen molar-refractivity contribution in [3.05, 3.63) is 58.3 Å². The fraction of sp³-hybridized carbons (Fsp3) is 0.240. The van der Waals surface area contributed by atoms with Gasteiger partial charge in [-0.1, -0.05) is 24.3 Å². The topological polar surface area (TPSA) is 94.7 Å². The fourth-order valence-electron chi connectivity index (χ4n) is 4.42. The number of ether oxygens (including phenoxy) is 3. The molecule has 3 aromatic carbocycles. The molecule has 7 nitrogen and oxygen atoms in total. The normalized spacial score (nSPS) is 17.2. The number of hydrogen-bond donors (Lipinski definition) is 1. The van der Waals surface area contributed by atoms with Gasteiger partial charge in [-0.15, -0.1) is 0 Å². The highest BCUT2D eigenvalue weighted by molar-refractivity contribution is 6.16. The summed E-state index contributed by atoms with van der Waals surface area (Å²) >= 11 is 0. The van der Waals surface area contributed by atoms with Gasteiger partial charge >= 0.3 is 5.97 Å². The number of hydrogen-bond acceptors (Lipinski definition) is 6. The van der Waals surface area contributed by atoms with E-state index in [-0.39, 0.29) is 22.1 Å². The Balaban J connectivity index is 1.90. The molecule has 162 valence electrons. The summed E-state index contributed by atoms with van der Waals surface area (Å²) in [5.41, 5.74) is -0.315. The van der Waals surface area contributed by atoms with Crippen LogP contribution in [-0.2, 0) is 9.53 Å². The number of nitrogens with one attached hydrogen (secondary N) is 1. The van der Waals surface area contributed by atoms with E-state index in [4.69, 9.17) is 14.2 Å². The van der Waals surface area contributed by atoms with Crippen molar-refractivity contribution in [2.45, 2.75) is 32.5 Å². The lowest BCUT2D eigenvalue weighted by molar-refractivity contribution is -0.153. The van der Waals surface area contributed by atoms with Crippen LogP contribution in [0.1, 0.15) is 31.1 Å². The van der Waals surface area contributed by atoms with Crippen molar-refractivity contribution in [1.29, 1.82) is 0 Å². The van der Waals surface area contributed by atoms with Gasteiger partial charge in [0.05, 0.1) is 29.1 Å². The van der Waals surface area contributed by atoms with Crippen LogP contribution in [0.5, 0.6) is 11.5 Å². The van der Waals surface area contributed by atoms with Gasteiger partial charge in [0, 0.05) is 18.4 Å². The van der Waals surface area contributed by atoms with Crippen LogP contribution in [0.15, 0.2) is 47.3 Å². The third kappa shape index (κ3) is 2.85. The number of rotatable bonds is 2. The van der Waals surface area contributed by atoms with Crippen LogP contribution in [0, 0.1) is 0 Å². The summed E-state index contributed by atoms with van der Waals surface area (Å²) in [6, 6.07) is 13.0. The summed E-state index contributed by atoms with van der Waals surface area (Å²) < 4.78 is 16.9. The molecule has 32 heavy (non-hydrogen) atoms. The SMILES string of the molecule is COc1cc2c(c3[nH]c4cc5ccccc5cc4c(=O)c13)C(=O)C(OC(C)=O)C(C)(C)O2. The number of methoxy groups -OCH3 is 1. The summed E-state index contributed by atoms with van der Waals surface area (Å²) in [5.74, 6) is -0.463. The second-order valence-corrected chi connectivity index (χ2v) is 8.46. The summed E-state index contributed by atoms with van der Waals surface area (Å²) in [6.45, 7) is 4.59. The van der Waals surface area contributed by atoms with Crippen molar-refractivity contribution in [3.8, 4) is 11.5 Å². The number of pyridine rings is 1. The molecule has 5 rings (SSSR count). The number of Topliss-reactive ketones (excluding diaryl/α,β-unsaturated/α-hetero) is 1. The van der Waals surface area contributed by atoms with Crippen LogP contribution >= 0.6 is 0 Å². The van der Waals surface area contributed by atoms with Crippen LogP contribution in [0.2, 0.25) is 0 Å². The lowest BCUT2D eigenvalue weighted by Gasteiger charge is -2.38. The predicted octanol–water partition coefficient (Wildman–Crippen LogP) is 4.13. The van der Waals surface area contributed by atoms with Crippen LogP contribution in [-0.4, -0.2) is 35.6 Å². The van der Waals surface area contributed by atoms with Crippen LogP contribution in [0.4, 0.5) is 0 Å². The molecule has 0 saturated carbocycles. The zero-order chi connectivity index (χ0) is 22.8. The highest BCUT2D eigenvalue weighted by Crippen LogP contribution is 2.42. The van der Waals surface area contributed by atoms with Crippen molar-refractivity contribution in [2.24, 2.45) is 0 Å². The Kier molecular flexibility index (Phi) is 4.27. The Morgan fingerprint density at radius 1 is 1.09 bits per heavy atom. The highest BCUT2D eigenvalue weighted by Gasteiger charge is 2.47. The third-order valence-electron chi connectivity index (χ3n) is 5.86. The summed E-state index contributed by atoms with van der Waals surface area (Å²) in [4.78, 5) is 42.0. The molecular weight excluding hydrogens is 410 g/mol. The molecule has 4 aromatic rings. The monoisotopic (exact) mass is 431 g/mol. The van der Waals surface area contributed by atoms with E-state index in [1.165, 1.54) is 14.0 Å². The molecule has 1 atom stereocenters. The Bertz CT molecular complexity index is 1510. The maximum absolute atomic E-state index is 13.6. The van der Waals surface area contributed by atoms with Crippen LogP contribution < -0.4 is 14.9 Å². The van der Waals surface area contributed by atoms with E-state index in [9.17, 15) is 14.4 Å². The van der Waals surface area contributed by atoms with E-state index >= 15 is 0 Å². The van der Waals surface area contributed by atoms with Gasteiger partial charge < -0.3 is 19.2 Å². The molecular formula is C25H21NO6. The average molecular weight is 431 g/mol. The summed E-state index contributed by atoms with van der Waals surface area (Å²) in [7, 11) is 1.46. The molecule has 1 aliphatic heterocycles. The minimum atomic E-state index is -1.15. The number of carbonyl (C=O) groups excluding carboxylic acids is 2. The minimum Gasteiger partial charge on any atom is -0.496 e. The number of benzene rings is 3. The zero-order valence-corrected chi connectivity index (χ0v) is 18.1. The molecule has 0 aliphatic carbocycles. The molecule has 0 amide bonds. The van der Waals surface area contributed by atoms with Gasteiger partial charge in [0.2, 0.25) is 17.3 Å². The maximum atomic E-state index is 13.6. The number of H-pyrrole nitrogens is 1. The second-order valence-electron chi connectivity index (χ2n) is 8.46. The van der Waals surface area contributed by atoms with Gasteiger partial charge in [0.25, 0.3) is 0 Å². The van der Waals surface area contributed by atoms with E-state index in [0.29, 0.717) is 22.2 Å². The molecule has 0 spiro atoms. The second kappa shape index (κ2) is 6.82. The first-order chi connectivity index (χ1) is 15.2. The summed E-state index contributed by atoms with van der Waals surface area (Å²) in [6.07, 6.45) is -1.15. The molecule has 0 bridgehead atoms. The Labute approximate surface area is 182 Å². The molecule has 2 heterocycles. The van der Waals surface area contributed by atoms with Crippen molar-refractivity contribution >= 4 is 44.3 Å². The average Bonchev–Trinajstić information content (AvgIpc) is 2.74. The van der Waals surface area contributed by atoms with Gasteiger partial charge in [-0.2, -0.15) is 0 Å². The van der Waals surface area contributed by atoms with Gasteiger partial charge in [0.1, 0.15) is 17.1 Å². The quantitative estimate of drug-likeness (QED) is 0.379. The third-order valence-corrected chi connectivity index (χ3v) is 5.86. The molecule has 0 saturated heterocycles. The van der Waals surface area contributed by atoms with Gasteiger partial charge in [-0.3, -0.25) is 14.4 Å². The van der Waals surface area contributed by atoms with Crippen molar-refractivity contribution in [1.82, 2.24) is 4.98 Å². The molecule has 7 heteroatoms. The number of aromatic nitrogens is 1. The van der Waals surface area contributed by atoms with Gasteiger partial charge in [0.15, 0.2) is 0 Å². The number of fused-ring (bicyclic) bond motifs is 5. The predicted molar refractivity (Wildman–Crippen MR) is 121 cm³/mol. The molecule has 1 aromatic heterocycles. The molecule has 0 fully saturated rings. The molecule has 0 radical (unpaired) electrons. The molecule has 1 aliphatic rings. The zero-order valence-electron chi connectivity index (χ0n) is 18.1. The van der Waals surface area contributed by atoms with Gasteiger partial charge in [-0.05, 0) is 36.8 Å². The Morgan fingerprint density at radius 3 is 2.44 bits per heavy atom. The van der Waals surface area contributed by atoms with Crippen molar-refractivity contribution in [3.63, 3.8) is 0 Å². The fourth-order valence-corrected chi connectivity index (χ4v) is 4.42. The number of ketones is 1. The van der Waals surface area contributed by atoms with Crippen molar-refractivity contribution < 1.29 is 23.8 Å². The van der Waals surface area contributed by atoms with Crippen LogP contribution in [0.25, 0.3) is 32.6 Å². The summed E-state index contributed by atoms with van der Waals surface area (Å²) in [5, 5.41) is 2.61. The number of carbonyl (C=O) groups is 2.